The van der Waals surface area contributed by atoms with Gasteiger partial charge in [0.2, 0.25) is 0 Å². The Balaban J connectivity index is 1.70. The van der Waals surface area contributed by atoms with Crippen LogP contribution in [-0.2, 0) is 18.0 Å². The summed E-state index contributed by atoms with van der Waals surface area (Å²) in [6.45, 7) is 9.00. The summed E-state index contributed by atoms with van der Waals surface area (Å²) >= 11 is 2.31. The van der Waals surface area contributed by atoms with Crippen molar-refractivity contribution in [2.75, 3.05) is 19.0 Å². The average molecular weight is 510 g/mol. The quantitative estimate of drug-likeness (QED) is 0.250. The summed E-state index contributed by atoms with van der Waals surface area (Å²) in [6, 6.07) is 9.17. The van der Waals surface area contributed by atoms with Gasteiger partial charge in [0.25, 0.3) is 0 Å². The predicted octanol–water partition coefficient (Wildman–Crippen LogP) is 4.97. The van der Waals surface area contributed by atoms with Crippen LogP contribution in [0.15, 0.2) is 36.7 Å². The monoisotopic (exact) mass is 510 g/mol. The maximum absolute atomic E-state index is 5.89. The van der Waals surface area contributed by atoms with Crippen molar-refractivity contribution in [2.24, 2.45) is 0 Å². The molecule has 0 aliphatic rings. The van der Waals surface area contributed by atoms with Gasteiger partial charge in [0.15, 0.2) is 0 Å². The number of benzene rings is 1. The fraction of sp³-hybridized carbons (Fsp3) is 0.400. The smallest absolute Gasteiger partial charge is 0.140 e. The number of anilines is 1. The van der Waals surface area contributed by atoms with Crippen LogP contribution in [0.1, 0.15) is 5.56 Å². The number of hydrogen-bond donors (Lipinski definition) is 1. The molecule has 0 bridgehead atoms. The Morgan fingerprint density at radius 3 is 2.57 bits per heavy atom. The average Bonchev–Trinajstić information content (AvgIpc) is 3.09. The third-order valence-electron chi connectivity index (χ3n) is 4.46. The molecule has 0 aliphatic carbocycles. The third kappa shape index (κ3) is 5.45. The van der Waals surface area contributed by atoms with Crippen LogP contribution in [0.2, 0.25) is 25.7 Å². The highest BCUT2D eigenvalue weighted by Gasteiger charge is 2.14. The van der Waals surface area contributed by atoms with E-state index in [1.165, 1.54) is 0 Å². The lowest BCUT2D eigenvalue weighted by atomic mass is 10.2. The fourth-order valence-corrected chi connectivity index (χ4v) is 4.22. The normalized spacial score (nSPS) is 11.8. The second kappa shape index (κ2) is 9.23. The number of hydrogen-bond acceptors (Lipinski definition) is 5. The molecule has 0 amide bonds. The van der Waals surface area contributed by atoms with Gasteiger partial charge >= 0.3 is 0 Å². The van der Waals surface area contributed by atoms with E-state index in [0.29, 0.717) is 13.3 Å². The number of rotatable bonds is 9. The van der Waals surface area contributed by atoms with E-state index < -0.39 is 8.07 Å². The minimum Gasteiger partial charge on any atom is -0.497 e. The molecule has 3 rings (SSSR count). The third-order valence-corrected chi connectivity index (χ3v) is 6.95. The summed E-state index contributed by atoms with van der Waals surface area (Å²) in [5.74, 6) is 1.69. The maximum atomic E-state index is 5.89. The van der Waals surface area contributed by atoms with Crippen molar-refractivity contribution >= 4 is 47.4 Å². The number of nitrogens with one attached hydrogen (secondary N) is 1. The molecule has 8 heteroatoms. The second-order valence-corrected chi connectivity index (χ2v) is 14.7. The standard InChI is InChI=1S/C20H27IN4O2Si/c1-26-16-7-5-15(6-8-16)11-22-20-17-12-24-25(19(17)18(21)13-23-20)14-27-9-10-28(2,3)4/h5-8,12-13H,9-11,14H2,1-4H3,(H,22,23). The first kappa shape index (κ1) is 21.1. The highest BCUT2D eigenvalue weighted by Crippen LogP contribution is 2.26. The van der Waals surface area contributed by atoms with Crippen molar-refractivity contribution in [3.8, 4) is 5.75 Å². The Kier molecular flexibility index (Phi) is 6.94. The number of aromatic nitrogens is 3. The second-order valence-electron chi connectivity index (χ2n) is 7.91. The van der Waals surface area contributed by atoms with Gasteiger partial charge in [-0.1, -0.05) is 31.8 Å². The van der Waals surface area contributed by atoms with Gasteiger partial charge in [-0.05, 0) is 46.3 Å². The first-order valence-electron chi connectivity index (χ1n) is 9.32. The van der Waals surface area contributed by atoms with E-state index in [1.54, 1.807) is 7.11 Å². The van der Waals surface area contributed by atoms with Crippen molar-refractivity contribution in [1.82, 2.24) is 14.8 Å². The summed E-state index contributed by atoms with van der Waals surface area (Å²) in [5.41, 5.74) is 2.22. The Labute approximate surface area is 180 Å². The summed E-state index contributed by atoms with van der Waals surface area (Å²) in [5, 5.41) is 8.96. The molecule has 1 N–H and O–H groups in total. The topological polar surface area (TPSA) is 61.2 Å². The van der Waals surface area contributed by atoms with Crippen molar-refractivity contribution in [1.29, 1.82) is 0 Å². The molecule has 150 valence electrons. The Bertz CT molecular complexity index is 922. The number of nitrogens with zero attached hydrogens (tertiary/aromatic N) is 3. The molecule has 28 heavy (non-hydrogen) atoms. The van der Waals surface area contributed by atoms with Gasteiger partial charge in [-0.3, -0.25) is 0 Å². The lowest BCUT2D eigenvalue weighted by Crippen LogP contribution is -2.22. The molecule has 3 aromatic rings. The van der Waals surface area contributed by atoms with Crippen LogP contribution in [0, 0.1) is 3.57 Å². The van der Waals surface area contributed by atoms with Gasteiger partial charge < -0.3 is 14.8 Å². The van der Waals surface area contributed by atoms with Gasteiger partial charge in [0.05, 0.1) is 27.8 Å². The number of halogens is 1. The zero-order chi connectivity index (χ0) is 20.1. The van der Waals surface area contributed by atoms with Crippen molar-refractivity contribution in [2.45, 2.75) is 39.0 Å². The molecule has 0 radical (unpaired) electrons. The number of pyridine rings is 1. The Hall–Kier alpha value is -1.65. The first-order chi connectivity index (χ1) is 13.4. The zero-order valence-corrected chi connectivity index (χ0v) is 20.0. The van der Waals surface area contributed by atoms with E-state index in [1.807, 2.05) is 41.3 Å². The summed E-state index contributed by atoms with van der Waals surface area (Å²) in [4.78, 5) is 4.57. The maximum Gasteiger partial charge on any atom is 0.140 e. The van der Waals surface area contributed by atoms with Gasteiger partial charge in [0, 0.05) is 27.4 Å². The van der Waals surface area contributed by atoms with Crippen molar-refractivity contribution < 1.29 is 9.47 Å². The van der Waals surface area contributed by atoms with Crippen LogP contribution in [0.4, 0.5) is 5.82 Å². The van der Waals surface area contributed by atoms with Crippen LogP contribution in [0.25, 0.3) is 10.9 Å². The minimum absolute atomic E-state index is 0.464. The zero-order valence-electron chi connectivity index (χ0n) is 16.8. The van der Waals surface area contributed by atoms with Crippen molar-refractivity contribution in [3.05, 3.63) is 45.8 Å². The molecule has 0 atom stereocenters. The van der Waals surface area contributed by atoms with Gasteiger partial charge in [-0.15, -0.1) is 0 Å². The lowest BCUT2D eigenvalue weighted by molar-refractivity contribution is 0.0816. The molecular weight excluding hydrogens is 483 g/mol. The van der Waals surface area contributed by atoms with E-state index in [0.717, 1.165) is 44.3 Å². The summed E-state index contributed by atoms with van der Waals surface area (Å²) < 4.78 is 14.1. The first-order valence-corrected chi connectivity index (χ1v) is 14.1. The van der Waals surface area contributed by atoms with Gasteiger partial charge in [-0.2, -0.15) is 5.10 Å². The van der Waals surface area contributed by atoms with E-state index in [9.17, 15) is 0 Å². The minimum atomic E-state index is -1.09. The highest BCUT2D eigenvalue weighted by atomic mass is 127. The molecule has 0 unspecified atom stereocenters. The molecule has 0 saturated heterocycles. The van der Waals surface area contributed by atoms with Crippen molar-refractivity contribution in [3.63, 3.8) is 0 Å². The number of fused-ring (bicyclic) bond motifs is 1. The highest BCUT2D eigenvalue weighted by molar-refractivity contribution is 14.1. The van der Waals surface area contributed by atoms with E-state index in [4.69, 9.17) is 9.47 Å². The SMILES string of the molecule is COc1ccc(CNc2ncc(I)c3c2cnn3COCC[Si](C)(C)C)cc1. The molecule has 0 saturated carbocycles. The number of methoxy groups -OCH3 is 1. The van der Waals surface area contributed by atoms with Crippen LogP contribution in [0.5, 0.6) is 5.75 Å². The largest absolute Gasteiger partial charge is 0.497 e. The molecule has 0 aliphatic heterocycles. The molecule has 1 aromatic carbocycles. The van der Waals surface area contributed by atoms with Crippen LogP contribution < -0.4 is 10.1 Å². The molecule has 2 heterocycles. The van der Waals surface area contributed by atoms with Crippen LogP contribution >= 0.6 is 22.6 Å². The molecule has 6 nitrogen and oxygen atoms in total. The summed E-state index contributed by atoms with van der Waals surface area (Å²) in [7, 11) is 0.587. The Morgan fingerprint density at radius 2 is 1.89 bits per heavy atom. The molecule has 2 aromatic heterocycles. The van der Waals surface area contributed by atoms with E-state index in [-0.39, 0.29) is 0 Å². The lowest BCUT2D eigenvalue weighted by Gasteiger charge is -2.15. The predicted molar refractivity (Wildman–Crippen MR) is 125 cm³/mol. The fourth-order valence-electron chi connectivity index (χ4n) is 2.76. The van der Waals surface area contributed by atoms with E-state index in [2.05, 4.69) is 57.6 Å². The molecule has 0 fully saturated rings. The molecule has 0 spiro atoms. The Morgan fingerprint density at radius 1 is 1.14 bits per heavy atom. The summed E-state index contributed by atoms with van der Waals surface area (Å²) in [6.07, 6.45) is 3.74. The van der Waals surface area contributed by atoms with Crippen LogP contribution in [-0.4, -0.2) is 36.6 Å². The van der Waals surface area contributed by atoms with Gasteiger partial charge in [-0.25, -0.2) is 9.67 Å². The van der Waals surface area contributed by atoms with Gasteiger partial charge in [0.1, 0.15) is 18.3 Å². The van der Waals surface area contributed by atoms with Crippen LogP contribution in [0.3, 0.4) is 0 Å². The number of ether oxygens (including phenoxy) is 2. The van der Waals surface area contributed by atoms with E-state index >= 15 is 0 Å². The molecular formula is C20H27IN4O2Si.